The Morgan fingerprint density at radius 3 is 2.67 bits per heavy atom. The first-order valence-electron chi connectivity index (χ1n) is 7.07. The maximum atomic E-state index is 13.0. The third-order valence-corrected chi connectivity index (χ3v) is 4.06. The van der Waals surface area contributed by atoms with Crippen molar-refractivity contribution >= 4 is 29.9 Å². The minimum Gasteiger partial charge on any atom is -0.339 e. The number of piperidine rings is 1. The van der Waals surface area contributed by atoms with Crippen LogP contribution < -0.4 is 5.32 Å². The Balaban J connectivity index is 0.00000220. The Kier molecular flexibility index (Phi) is 7.43. The number of carbonyl (C=O) groups is 1. The van der Waals surface area contributed by atoms with Crippen molar-refractivity contribution in [3.05, 3.63) is 34.6 Å². The van der Waals surface area contributed by atoms with Crippen LogP contribution in [0.3, 0.4) is 0 Å². The van der Waals surface area contributed by atoms with E-state index in [1.807, 2.05) is 4.90 Å². The Labute approximate surface area is 136 Å². The largest absolute Gasteiger partial charge is 0.339 e. The molecular weight excluding hydrogens is 314 g/mol. The number of nitrogens with zero attached hydrogens (tertiary/aromatic N) is 1. The van der Waals surface area contributed by atoms with Gasteiger partial charge in [0.2, 0.25) is 0 Å². The average Bonchev–Trinajstić information content (AvgIpc) is 2.45. The van der Waals surface area contributed by atoms with E-state index in [0.29, 0.717) is 11.5 Å². The lowest BCUT2D eigenvalue weighted by molar-refractivity contribution is 0.0690. The van der Waals surface area contributed by atoms with Gasteiger partial charge in [0.25, 0.3) is 5.91 Å². The molecule has 1 saturated heterocycles. The predicted octanol–water partition coefficient (Wildman–Crippen LogP) is 3.36. The molecule has 1 fully saturated rings. The lowest BCUT2D eigenvalue weighted by Crippen LogP contribution is -2.40. The smallest absolute Gasteiger partial charge is 0.255 e. The number of likely N-dealkylation sites (tertiary alicyclic amines) is 1. The Hall–Kier alpha value is -0.840. The molecule has 1 aliphatic heterocycles. The first kappa shape index (κ1) is 18.2. The van der Waals surface area contributed by atoms with Crippen molar-refractivity contribution in [2.24, 2.45) is 5.92 Å². The summed E-state index contributed by atoms with van der Waals surface area (Å²) in [5.41, 5.74) is 0.387. The van der Waals surface area contributed by atoms with E-state index < -0.39 is 5.82 Å². The third kappa shape index (κ3) is 4.83. The van der Waals surface area contributed by atoms with Gasteiger partial charge in [-0.15, -0.1) is 12.4 Å². The van der Waals surface area contributed by atoms with E-state index in [0.717, 1.165) is 39.0 Å². The van der Waals surface area contributed by atoms with E-state index in [1.165, 1.54) is 18.2 Å². The lowest BCUT2D eigenvalue weighted by Gasteiger charge is -2.32. The fourth-order valence-electron chi connectivity index (χ4n) is 2.52. The van der Waals surface area contributed by atoms with E-state index in [9.17, 15) is 9.18 Å². The van der Waals surface area contributed by atoms with Crippen LogP contribution in [0, 0.1) is 11.7 Å². The number of hydrogen-bond donors (Lipinski definition) is 1. The van der Waals surface area contributed by atoms with Crippen molar-refractivity contribution in [2.45, 2.75) is 19.8 Å². The van der Waals surface area contributed by atoms with Gasteiger partial charge in [0, 0.05) is 13.1 Å². The Morgan fingerprint density at radius 1 is 1.43 bits per heavy atom. The molecule has 0 saturated carbocycles. The molecule has 0 spiro atoms. The first-order chi connectivity index (χ1) is 9.61. The van der Waals surface area contributed by atoms with Gasteiger partial charge >= 0.3 is 0 Å². The topological polar surface area (TPSA) is 32.3 Å². The van der Waals surface area contributed by atoms with Gasteiger partial charge in [-0.25, -0.2) is 4.39 Å². The summed E-state index contributed by atoms with van der Waals surface area (Å²) in [6, 6.07) is 3.93. The van der Waals surface area contributed by atoms with Crippen LogP contribution in [0.2, 0.25) is 5.02 Å². The highest BCUT2D eigenvalue weighted by molar-refractivity contribution is 6.33. The van der Waals surface area contributed by atoms with Gasteiger partial charge in [-0.1, -0.05) is 18.5 Å². The molecule has 6 heteroatoms. The summed E-state index contributed by atoms with van der Waals surface area (Å²) < 4.78 is 13.0. The molecule has 0 bridgehead atoms. The van der Waals surface area contributed by atoms with E-state index in [2.05, 4.69) is 12.2 Å². The maximum Gasteiger partial charge on any atom is 0.255 e. The highest BCUT2D eigenvalue weighted by atomic mass is 35.5. The molecule has 1 aromatic carbocycles. The van der Waals surface area contributed by atoms with Crippen molar-refractivity contribution in [1.29, 1.82) is 0 Å². The summed E-state index contributed by atoms with van der Waals surface area (Å²) in [5, 5.41) is 3.53. The van der Waals surface area contributed by atoms with Crippen LogP contribution >= 0.6 is 24.0 Å². The number of halogens is 3. The van der Waals surface area contributed by atoms with E-state index >= 15 is 0 Å². The van der Waals surface area contributed by atoms with E-state index in [4.69, 9.17) is 11.6 Å². The zero-order valence-electron chi connectivity index (χ0n) is 12.1. The van der Waals surface area contributed by atoms with Gasteiger partial charge < -0.3 is 10.2 Å². The summed E-state index contributed by atoms with van der Waals surface area (Å²) >= 11 is 5.94. The Bertz CT molecular complexity index is 477. The minimum atomic E-state index is -0.420. The second-order valence-corrected chi connectivity index (χ2v) is 5.57. The number of nitrogens with one attached hydrogen (secondary N) is 1. The van der Waals surface area contributed by atoms with Crippen LogP contribution in [0.4, 0.5) is 4.39 Å². The molecule has 0 unspecified atom stereocenters. The molecule has 2 rings (SSSR count). The number of carbonyl (C=O) groups excluding carboxylic acids is 1. The summed E-state index contributed by atoms with van der Waals surface area (Å²) in [6.07, 6.45) is 2.00. The van der Waals surface area contributed by atoms with Crippen LogP contribution in [-0.2, 0) is 0 Å². The molecule has 0 atom stereocenters. The fourth-order valence-corrected chi connectivity index (χ4v) is 2.77. The molecule has 1 aliphatic rings. The van der Waals surface area contributed by atoms with Crippen LogP contribution in [0.25, 0.3) is 0 Å². The standard InChI is InChI=1S/C15H20ClFN2O.ClH/c1-2-18-10-11-5-7-19(8-6-11)15(20)13-4-3-12(17)9-14(13)16;/h3-4,9,11,18H,2,5-8,10H2,1H3;1H. The van der Waals surface area contributed by atoms with Crippen molar-refractivity contribution in [1.82, 2.24) is 10.2 Å². The SMILES string of the molecule is CCNCC1CCN(C(=O)c2ccc(F)cc2Cl)CC1.Cl. The quantitative estimate of drug-likeness (QED) is 0.915. The van der Waals surface area contributed by atoms with E-state index in [1.54, 1.807) is 0 Å². The van der Waals surface area contributed by atoms with Gasteiger partial charge in [0.1, 0.15) is 5.82 Å². The monoisotopic (exact) mass is 334 g/mol. The van der Waals surface area contributed by atoms with E-state index in [-0.39, 0.29) is 23.3 Å². The molecule has 0 aromatic heterocycles. The number of amides is 1. The van der Waals surface area contributed by atoms with Gasteiger partial charge in [-0.3, -0.25) is 4.79 Å². The predicted molar refractivity (Wildman–Crippen MR) is 85.8 cm³/mol. The van der Waals surface area contributed by atoms with Crippen LogP contribution in [0.5, 0.6) is 0 Å². The summed E-state index contributed by atoms with van der Waals surface area (Å²) in [4.78, 5) is 14.2. The van der Waals surface area contributed by atoms with Gasteiger partial charge in [-0.05, 0) is 50.0 Å². The molecular formula is C15H21Cl2FN2O. The maximum absolute atomic E-state index is 13.0. The van der Waals surface area contributed by atoms with Gasteiger partial charge in [-0.2, -0.15) is 0 Å². The lowest BCUT2D eigenvalue weighted by atomic mass is 9.96. The molecule has 21 heavy (non-hydrogen) atoms. The number of hydrogen-bond acceptors (Lipinski definition) is 2. The zero-order valence-corrected chi connectivity index (χ0v) is 13.6. The van der Waals surface area contributed by atoms with Gasteiger partial charge in [0.15, 0.2) is 0 Å². The zero-order chi connectivity index (χ0) is 14.5. The number of rotatable bonds is 4. The normalized spacial score (nSPS) is 15.7. The third-order valence-electron chi connectivity index (χ3n) is 3.75. The van der Waals surface area contributed by atoms with Crippen molar-refractivity contribution in [2.75, 3.05) is 26.2 Å². The molecule has 0 radical (unpaired) electrons. The molecule has 1 aromatic rings. The molecule has 1 amide bonds. The van der Waals surface area contributed by atoms with Crippen molar-refractivity contribution in [3.8, 4) is 0 Å². The highest BCUT2D eigenvalue weighted by Gasteiger charge is 2.24. The van der Waals surface area contributed by atoms with Crippen molar-refractivity contribution < 1.29 is 9.18 Å². The molecule has 1 N–H and O–H groups in total. The minimum absolute atomic E-state index is 0. The van der Waals surface area contributed by atoms with Crippen LogP contribution in [-0.4, -0.2) is 37.0 Å². The first-order valence-corrected chi connectivity index (χ1v) is 7.44. The molecule has 118 valence electrons. The summed E-state index contributed by atoms with van der Waals surface area (Å²) in [7, 11) is 0. The molecule has 0 aliphatic carbocycles. The second kappa shape index (κ2) is 8.57. The Morgan fingerprint density at radius 2 is 2.10 bits per heavy atom. The summed E-state index contributed by atoms with van der Waals surface area (Å²) in [6.45, 7) is 5.56. The summed E-state index contributed by atoms with van der Waals surface area (Å²) in [5.74, 6) is 0.107. The number of benzene rings is 1. The van der Waals surface area contributed by atoms with Crippen LogP contribution in [0.1, 0.15) is 30.1 Å². The average molecular weight is 335 g/mol. The van der Waals surface area contributed by atoms with Crippen LogP contribution in [0.15, 0.2) is 18.2 Å². The second-order valence-electron chi connectivity index (χ2n) is 5.17. The fraction of sp³-hybridized carbons (Fsp3) is 0.533. The molecule has 3 nitrogen and oxygen atoms in total. The van der Waals surface area contributed by atoms with Gasteiger partial charge in [0.05, 0.1) is 10.6 Å². The highest BCUT2D eigenvalue weighted by Crippen LogP contribution is 2.22. The van der Waals surface area contributed by atoms with Crippen molar-refractivity contribution in [3.63, 3.8) is 0 Å². The molecule has 1 heterocycles.